The van der Waals surface area contributed by atoms with Gasteiger partial charge < -0.3 is 15.1 Å². The largest absolute Gasteiger partial charge is 0.368 e. The lowest BCUT2D eigenvalue weighted by Gasteiger charge is -2.29. The molecule has 98 valence electrons. The van der Waals surface area contributed by atoms with Crippen LogP contribution < -0.4 is 11.3 Å². The normalized spacial score (nSPS) is 24.0. The topological polar surface area (TPSA) is 76.3 Å². The molecule has 0 aliphatic carbocycles. The maximum Gasteiger partial charge on any atom is 0.161 e. The van der Waals surface area contributed by atoms with E-state index < -0.39 is 0 Å². The van der Waals surface area contributed by atoms with Gasteiger partial charge in [-0.25, -0.2) is 15.8 Å². The number of nitrogens with zero attached hydrogens (tertiary/aromatic N) is 3. The Hall–Kier alpha value is -0.890. The molecular formula is C11H17N5OS. The van der Waals surface area contributed by atoms with Crippen LogP contribution in [0.15, 0.2) is 0 Å². The van der Waals surface area contributed by atoms with E-state index in [1.165, 1.54) is 0 Å². The molecule has 0 bridgehead atoms. The van der Waals surface area contributed by atoms with Crippen LogP contribution in [-0.4, -0.2) is 41.6 Å². The molecule has 1 saturated heterocycles. The van der Waals surface area contributed by atoms with Crippen LogP contribution in [0, 0.1) is 0 Å². The van der Waals surface area contributed by atoms with Gasteiger partial charge in [0.05, 0.1) is 12.3 Å². The van der Waals surface area contributed by atoms with Crippen LogP contribution in [0.1, 0.15) is 23.2 Å². The van der Waals surface area contributed by atoms with Gasteiger partial charge >= 0.3 is 0 Å². The summed E-state index contributed by atoms with van der Waals surface area (Å²) in [5.41, 5.74) is 4.91. The fourth-order valence-corrected chi connectivity index (χ4v) is 3.31. The summed E-state index contributed by atoms with van der Waals surface area (Å²) >= 11 is 1.84. The first-order valence-corrected chi connectivity index (χ1v) is 7.17. The number of ether oxygens (including phenoxy) is 1. The van der Waals surface area contributed by atoms with E-state index in [-0.39, 0.29) is 6.10 Å². The minimum atomic E-state index is -0.0493. The Balaban J connectivity index is 1.92. The molecule has 0 spiro atoms. The summed E-state index contributed by atoms with van der Waals surface area (Å²) in [7, 11) is 2.08. The zero-order valence-corrected chi connectivity index (χ0v) is 11.2. The van der Waals surface area contributed by atoms with Crippen LogP contribution in [0.5, 0.6) is 0 Å². The summed E-state index contributed by atoms with van der Waals surface area (Å²) in [5, 5.41) is 0. The minimum Gasteiger partial charge on any atom is -0.368 e. The van der Waals surface area contributed by atoms with Crippen LogP contribution >= 0.6 is 11.8 Å². The molecule has 0 amide bonds. The highest BCUT2D eigenvalue weighted by molar-refractivity contribution is 7.98. The lowest BCUT2D eigenvalue weighted by Crippen LogP contribution is -2.36. The minimum absolute atomic E-state index is 0.0493. The molecule has 1 unspecified atom stereocenters. The van der Waals surface area contributed by atoms with E-state index in [2.05, 4.69) is 27.3 Å². The van der Waals surface area contributed by atoms with Crippen molar-refractivity contribution in [3.63, 3.8) is 0 Å². The average Bonchev–Trinajstić information content (AvgIpc) is 2.85. The van der Waals surface area contributed by atoms with Crippen LogP contribution in [0.2, 0.25) is 0 Å². The second-order valence-electron chi connectivity index (χ2n) is 4.61. The van der Waals surface area contributed by atoms with Crippen molar-refractivity contribution in [3.8, 4) is 0 Å². The van der Waals surface area contributed by atoms with Crippen LogP contribution in [0.3, 0.4) is 0 Å². The molecule has 7 heteroatoms. The molecule has 1 aromatic heterocycles. The Morgan fingerprint density at radius 3 is 3.11 bits per heavy atom. The molecule has 0 radical (unpaired) electrons. The molecule has 1 aromatic rings. The quantitative estimate of drug-likeness (QED) is 0.597. The maximum atomic E-state index is 5.75. The number of morpholine rings is 1. The number of nitrogens with two attached hydrogens (primary N) is 1. The van der Waals surface area contributed by atoms with Crippen molar-refractivity contribution in [2.45, 2.75) is 17.6 Å². The predicted molar refractivity (Wildman–Crippen MR) is 71.0 cm³/mol. The van der Waals surface area contributed by atoms with Gasteiger partial charge in [-0.3, -0.25) is 0 Å². The zero-order valence-electron chi connectivity index (χ0n) is 10.3. The highest BCUT2D eigenvalue weighted by Crippen LogP contribution is 2.33. The number of fused-ring (bicyclic) bond motifs is 1. The Labute approximate surface area is 110 Å². The molecule has 18 heavy (non-hydrogen) atoms. The molecule has 3 heterocycles. The summed E-state index contributed by atoms with van der Waals surface area (Å²) in [6.07, 6.45) is -0.0493. The van der Waals surface area contributed by atoms with Crippen molar-refractivity contribution in [1.82, 2.24) is 14.9 Å². The number of hydrogen-bond donors (Lipinski definition) is 2. The molecule has 1 fully saturated rings. The fraction of sp³-hybridized carbons (Fsp3) is 0.636. The van der Waals surface area contributed by atoms with Gasteiger partial charge in [-0.05, 0) is 7.05 Å². The summed E-state index contributed by atoms with van der Waals surface area (Å²) in [5.74, 6) is 8.90. The van der Waals surface area contributed by atoms with Gasteiger partial charge in [0.1, 0.15) is 11.9 Å². The molecule has 2 aliphatic heterocycles. The van der Waals surface area contributed by atoms with Crippen molar-refractivity contribution in [2.24, 2.45) is 5.84 Å². The van der Waals surface area contributed by atoms with Gasteiger partial charge in [0, 0.05) is 30.2 Å². The van der Waals surface area contributed by atoms with E-state index in [1.807, 2.05) is 11.8 Å². The van der Waals surface area contributed by atoms with Crippen LogP contribution in [-0.2, 0) is 16.2 Å². The number of aromatic nitrogens is 2. The highest BCUT2D eigenvalue weighted by Gasteiger charge is 2.26. The molecule has 6 nitrogen and oxygen atoms in total. The summed E-state index contributed by atoms with van der Waals surface area (Å²) in [6, 6.07) is 0. The summed E-state index contributed by atoms with van der Waals surface area (Å²) < 4.78 is 5.75. The molecule has 3 N–H and O–H groups in total. The van der Waals surface area contributed by atoms with Crippen LogP contribution in [0.25, 0.3) is 0 Å². The zero-order chi connectivity index (χ0) is 12.5. The van der Waals surface area contributed by atoms with Crippen molar-refractivity contribution >= 4 is 17.6 Å². The lowest BCUT2D eigenvalue weighted by atomic mass is 10.2. The van der Waals surface area contributed by atoms with Gasteiger partial charge in [0.25, 0.3) is 0 Å². The van der Waals surface area contributed by atoms with Gasteiger partial charge in [-0.15, -0.1) is 0 Å². The number of nitrogen functional groups attached to an aromatic ring is 1. The third kappa shape index (κ3) is 2.18. The number of nitrogens with one attached hydrogen (secondary N) is 1. The van der Waals surface area contributed by atoms with Crippen molar-refractivity contribution in [1.29, 1.82) is 0 Å². The SMILES string of the molecule is CN1CCOC(c2nc3c(c(NN)n2)CSC3)C1. The predicted octanol–water partition coefficient (Wildman–Crippen LogP) is 0.512. The second-order valence-corrected chi connectivity index (χ2v) is 5.60. The summed E-state index contributed by atoms with van der Waals surface area (Å²) in [6.45, 7) is 2.51. The van der Waals surface area contributed by atoms with Gasteiger partial charge in [0.2, 0.25) is 0 Å². The molecule has 0 saturated carbocycles. The number of thioether (sulfide) groups is 1. The average molecular weight is 267 g/mol. The number of hydrazine groups is 1. The standard InChI is InChI=1S/C11H17N5OS/c1-16-2-3-17-9(4-16)11-13-8-6-18-5-7(8)10(14-11)15-12/h9H,2-6,12H2,1H3,(H,13,14,15). The van der Waals surface area contributed by atoms with E-state index in [0.717, 1.165) is 54.1 Å². The Morgan fingerprint density at radius 2 is 2.33 bits per heavy atom. The van der Waals surface area contributed by atoms with Crippen molar-refractivity contribution in [3.05, 3.63) is 17.1 Å². The molecule has 2 aliphatic rings. The number of rotatable bonds is 2. The van der Waals surface area contributed by atoms with E-state index in [4.69, 9.17) is 10.6 Å². The first kappa shape index (κ1) is 12.2. The van der Waals surface area contributed by atoms with Crippen molar-refractivity contribution < 1.29 is 4.74 Å². The van der Waals surface area contributed by atoms with E-state index >= 15 is 0 Å². The number of hydrogen-bond acceptors (Lipinski definition) is 7. The Morgan fingerprint density at radius 1 is 1.44 bits per heavy atom. The number of likely N-dealkylation sites (N-methyl/N-ethyl adjacent to an activating group) is 1. The van der Waals surface area contributed by atoms with Crippen LogP contribution in [0.4, 0.5) is 5.82 Å². The molecular weight excluding hydrogens is 250 g/mol. The smallest absolute Gasteiger partial charge is 0.161 e. The number of anilines is 1. The van der Waals surface area contributed by atoms with Gasteiger partial charge in [-0.1, -0.05) is 0 Å². The Bertz CT molecular complexity index is 455. The Kier molecular flexibility index (Phi) is 3.38. The van der Waals surface area contributed by atoms with Gasteiger partial charge in [-0.2, -0.15) is 11.8 Å². The van der Waals surface area contributed by atoms with E-state index in [1.54, 1.807) is 0 Å². The first-order valence-electron chi connectivity index (χ1n) is 6.02. The first-order chi connectivity index (χ1) is 8.78. The maximum absolute atomic E-state index is 5.75. The third-order valence-electron chi connectivity index (χ3n) is 3.29. The van der Waals surface area contributed by atoms with Crippen molar-refractivity contribution in [2.75, 3.05) is 32.2 Å². The van der Waals surface area contributed by atoms with Gasteiger partial charge in [0.15, 0.2) is 5.82 Å². The van der Waals surface area contributed by atoms with E-state index in [9.17, 15) is 0 Å². The molecule has 0 aromatic carbocycles. The summed E-state index contributed by atoms with van der Waals surface area (Å²) in [4.78, 5) is 11.4. The third-order valence-corrected chi connectivity index (χ3v) is 4.26. The fourth-order valence-electron chi connectivity index (χ4n) is 2.27. The second kappa shape index (κ2) is 5.00. The molecule has 3 rings (SSSR count). The monoisotopic (exact) mass is 267 g/mol. The van der Waals surface area contributed by atoms with E-state index in [0.29, 0.717) is 0 Å². The molecule has 1 atom stereocenters. The highest BCUT2D eigenvalue weighted by atomic mass is 32.2. The lowest BCUT2D eigenvalue weighted by molar-refractivity contribution is -0.0255.